The van der Waals surface area contributed by atoms with Gasteiger partial charge in [0.2, 0.25) is 5.88 Å². The molecule has 6 atom stereocenters. The summed E-state index contributed by atoms with van der Waals surface area (Å²) in [5.74, 6) is -0.835. The first-order valence-electron chi connectivity index (χ1n) is 21.0. The van der Waals surface area contributed by atoms with Crippen LogP contribution in [0.15, 0.2) is 59.1 Å². The Kier molecular flexibility index (Phi) is 12.9. The summed E-state index contributed by atoms with van der Waals surface area (Å²) in [4.78, 5) is 32.9. The first-order valence-corrected chi connectivity index (χ1v) is 23.1. The molecule has 2 bridgehead atoms. The molecule has 8 rings (SSSR count). The molecule has 1 aromatic heterocycles. The van der Waals surface area contributed by atoms with Crippen molar-refractivity contribution in [2.75, 3.05) is 77.5 Å². The second-order valence-corrected chi connectivity index (χ2v) is 19.7. The molecule has 5 heterocycles. The molecule has 60 heavy (non-hydrogen) atoms. The van der Waals surface area contributed by atoms with E-state index in [-0.39, 0.29) is 46.1 Å². The summed E-state index contributed by atoms with van der Waals surface area (Å²) < 4.78 is 53.7. The Labute approximate surface area is 358 Å². The van der Waals surface area contributed by atoms with Crippen molar-refractivity contribution in [1.82, 2.24) is 19.4 Å². The van der Waals surface area contributed by atoms with Crippen molar-refractivity contribution in [3.63, 3.8) is 0 Å². The number of methoxy groups -OCH3 is 2. The van der Waals surface area contributed by atoms with Gasteiger partial charge in [-0.25, -0.2) is 4.21 Å². The van der Waals surface area contributed by atoms with Gasteiger partial charge in [0, 0.05) is 75.0 Å². The molecule has 3 aromatic rings. The zero-order chi connectivity index (χ0) is 42.0. The van der Waals surface area contributed by atoms with Crippen molar-refractivity contribution in [3.8, 4) is 11.6 Å². The maximum absolute atomic E-state index is 15.2. The summed E-state index contributed by atoms with van der Waals surface area (Å²) in [5, 5.41) is 4.90. The highest BCUT2D eigenvalue weighted by Gasteiger charge is 2.48. The van der Waals surface area contributed by atoms with E-state index in [1.54, 1.807) is 32.4 Å². The highest BCUT2D eigenvalue weighted by molar-refractivity contribution is 7.92. The van der Waals surface area contributed by atoms with Crippen molar-refractivity contribution < 1.29 is 37.5 Å². The summed E-state index contributed by atoms with van der Waals surface area (Å²) >= 11 is 6.52. The largest absolute Gasteiger partial charge is 0.491 e. The van der Waals surface area contributed by atoms with Gasteiger partial charge in [-0.3, -0.25) is 23.9 Å². The predicted molar refractivity (Wildman–Crippen MR) is 229 cm³/mol. The van der Waals surface area contributed by atoms with E-state index in [1.165, 1.54) is 23.6 Å². The second-order valence-electron chi connectivity index (χ2n) is 17.2. The average molecular weight is 865 g/mol. The number of nitrogens with zero attached hydrogens (tertiary/aromatic N) is 5. The van der Waals surface area contributed by atoms with E-state index >= 15 is 4.21 Å². The van der Waals surface area contributed by atoms with E-state index in [0.717, 1.165) is 76.2 Å². The lowest BCUT2D eigenvalue weighted by atomic mass is 9.70. The first kappa shape index (κ1) is 42.7. The summed E-state index contributed by atoms with van der Waals surface area (Å²) in [6.45, 7) is 8.40. The number of anilines is 1. The van der Waals surface area contributed by atoms with E-state index in [0.29, 0.717) is 37.1 Å². The van der Waals surface area contributed by atoms with Gasteiger partial charge in [-0.05, 0) is 85.4 Å². The van der Waals surface area contributed by atoms with Crippen molar-refractivity contribution in [3.05, 3.63) is 82.0 Å². The number of aryl methyl sites for hydroxylation is 2. The molecule has 2 aromatic carbocycles. The molecule has 2 saturated heterocycles. The van der Waals surface area contributed by atoms with E-state index < -0.39 is 33.8 Å². The van der Waals surface area contributed by atoms with Crippen LogP contribution in [0.3, 0.4) is 0 Å². The van der Waals surface area contributed by atoms with Gasteiger partial charge in [-0.1, -0.05) is 36.7 Å². The fraction of sp³-hybridized carbons (Fsp3) is 0.568. The van der Waals surface area contributed by atoms with Gasteiger partial charge in [-0.15, -0.1) is 9.46 Å². The molecule has 4 aliphatic heterocycles. The fourth-order valence-electron chi connectivity index (χ4n) is 9.28. The molecule has 1 aliphatic carbocycles. The zero-order valence-electron chi connectivity index (χ0n) is 35.0. The number of rotatable bonds is 8. The van der Waals surface area contributed by atoms with Gasteiger partial charge in [0.25, 0.3) is 11.8 Å². The third-order valence-electron chi connectivity index (χ3n) is 12.7. The maximum Gasteiger partial charge on any atom is 0.286 e. The Morgan fingerprint density at radius 1 is 1.07 bits per heavy atom. The van der Waals surface area contributed by atoms with Crippen LogP contribution in [-0.2, 0) is 44.1 Å². The smallest absolute Gasteiger partial charge is 0.286 e. The number of amides is 2. The van der Waals surface area contributed by atoms with Crippen LogP contribution in [0.2, 0.25) is 5.02 Å². The zero-order valence-corrected chi connectivity index (χ0v) is 36.6. The Hall–Kier alpha value is -3.99. The molecular weight excluding hydrogens is 808 g/mol. The van der Waals surface area contributed by atoms with E-state index in [2.05, 4.69) is 42.2 Å². The Morgan fingerprint density at radius 2 is 1.88 bits per heavy atom. The minimum atomic E-state index is -3.78. The monoisotopic (exact) mass is 864 g/mol. The normalized spacial score (nSPS) is 28.6. The molecule has 3 fully saturated rings. The Bertz CT molecular complexity index is 2210. The molecule has 14 nitrogen and oxygen atoms in total. The number of carbonyl (C=O) groups excluding carboxylic acids is 2. The van der Waals surface area contributed by atoms with Crippen LogP contribution in [0.25, 0.3) is 0 Å². The number of aromatic nitrogens is 2. The molecular formula is C44H57ClN6O8S. The average Bonchev–Trinajstić information content (AvgIpc) is 3.56. The molecule has 5 aliphatic rings. The molecule has 0 unspecified atom stereocenters. The lowest BCUT2D eigenvalue weighted by molar-refractivity contribution is -0.191. The van der Waals surface area contributed by atoms with Gasteiger partial charge in [0.1, 0.15) is 21.2 Å². The van der Waals surface area contributed by atoms with Crippen LogP contribution >= 0.6 is 11.6 Å². The van der Waals surface area contributed by atoms with Crippen molar-refractivity contribution in [1.29, 1.82) is 0 Å². The number of ether oxygens (including phenoxy) is 5. The number of fused-ring (bicyclic) bond motifs is 3. The summed E-state index contributed by atoms with van der Waals surface area (Å²) in [7, 11) is 1.02. The number of benzene rings is 2. The van der Waals surface area contributed by atoms with Crippen LogP contribution in [0.5, 0.6) is 11.6 Å². The molecule has 324 valence electrons. The minimum Gasteiger partial charge on any atom is -0.491 e. The predicted octanol–water partition coefficient (Wildman–Crippen LogP) is 5.72. The van der Waals surface area contributed by atoms with Crippen LogP contribution in [0.1, 0.15) is 64.4 Å². The Balaban J connectivity index is 1.18. The van der Waals surface area contributed by atoms with Gasteiger partial charge < -0.3 is 28.6 Å². The molecule has 2 amide bonds. The fourth-order valence-corrected chi connectivity index (χ4v) is 11.4. The highest BCUT2D eigenvalue weighted by Crippen LogP contribution is 2.42. The van der Waals surface area contributed by atoms with E-state index in [9.17, 15) is 9.59 Å². The van der Waals surface area contributed by atoms with Gasteiger partial charge in [-0.2, -0.15) is 0 Å². The minimum absolute atomic E-state index is 0.0593. The Morgan fingerprint density at radius 3 is 2.62 bits per heavy atom. The summed E-state index contributed by atoms with van der Waals surface area (Å²) in [6.07, 6.45) is 9.50. The van der Waals surface area contributed by atoms with Crippen LogP contribution in [-0.4, -0.2) is 115 Å². The third-order valence-corrected chi connectivity index (χ3v) is 14.9. The molecule has 1 spiro atoms. The maximum atomic E-state index is 15.2. The van der Waals surface area contributed by atoms with Crippen LogP contribution in [0, 0.1) is 23.2 Å². The molecule has 1 N–H and O–H groups in total. The summed E-state index contributed by atoms with van der Waals surface area (Å²) in [6, 6.07) is 11.3. The SMILES string of the molecule is COc1nn(C)cc1C(=O)N[S@@]1(=O)=NC(=O)c2ccc3c(c2)N(Cc2ccc(Cl)cc2CCCCO3)C[C@@H]2CC[C@H]2[C@@H](OC)/C=C/[C@H](OCCN2CC3(COC3)C2)[C@H](C)C1. The van der Waals surface area contributed by atoms with E-state index in [1.807, 2.05) is 19.1 Å². The number of hydrogen-bond donors (Lipinski definition) is 1. The van der Waals surface area contributed by atoms with Crippen LogP contribution < -0.4 is 19.1 Å². The van der Waals surface area contributed by atoms with Gasteiger partial charge in [0.05, 0.1) is 57.2 Å². The lowest BCUT2D eigenvalue weighted by Crippen LogP contribution is -2.66. The van der Waals surface area contributed by atoms with Crippen molar-refractivity contribution in [2.24, 2.45) is 34.6 Å². The number of nitrogens with one attached hydrogen (secondary N) is 1. The number of hydrogen-bond acceptors (Lipinski definition) is 11. The van der Waals surface area contributed by atoms with Crippen molar-refractivity contribution >= 4 is 39.0 Å². The quantitative estimate of drug-likeness (QED) is 0.278. The standard InChI is InChI=1S/C44H57ClN6O8S/c1-29-24-60(54,48-42(53)36-23-49(2)46-43(36)56-4)47-41(52)31-10-13-40-37(20-31)51(21-32-8-11-34(45)19-30(32)7-5-6-17-58-40)22-33-9-12-35(33)39(55-3)15-14-38(29)59-18-16-50-25-44(26-50)27-57-28-44/h8,10-11,13-15,19-20,23,29,33,35,38-39H,5-7,9,12,16-18,21-22,24-28H2,1-4H3,(H,47,48,52,53,54)/b15-14+/t29-,33+,35-,38+,39+,60+/m1/s1. The molecule has 1 saturated carbocycles. The number of halogens is 1. The number of likely N-dealkylation sites (tertiary alicyclic amines) is 1. The third kappa shape index (κ3) is 9.41. The molecule has 16 heteroatoms. The van der Waals surface area contributed by atoms with Gasteiger partial charge in [0.15, 0.2) is 0 Å². The summed E-state index contributed by atoms with van der Waals surface area (Å²) in [5.41, 5.74) is 3.67. The lowest BCUT2D eigenvalue weighted by Gasteiger charge is -2.55. The van der Waals surface area contributed by atoms with Gasteiger partial charge >= 0.3 is 0 Å². The van der Waals surface area contributed by atoms with Crippen LogP contribution in [0.4, 0.5) is 5.69 Å². The van der Waals surface area contributed by atoms with E-state index in [4.69, 9.17) is 35.3 Å². The number of carbonyl (C=O) groups is 2. The molecule has 0 radical (unpaired) electrons. The first-order chi connectivity index (χ1) is 28.9. The topological polar surface area (TPSA) is 146 Å². The highest BCUT2D eigenvalue weighted by atomic mass is 35.5. The second kappa shape index (κ2) is 18.2. The van der Waals surface area contributed by atoms with Crippen molar-refractivity contribution in [2.45, 2.75) is 57.8 Å².